The lowest BCUT2D eigenvalue weighted by molar-refractivity contribution is -0.142. The number of thioether (sulfide) groups is 1. The van der Waals surface area contributed by atoms with E-state index in [1.54, 1.807) is 16.7 Å². The van der Waals surface area contributed by atoms with Crippen molar-refractivity contribution in [2.75, 3.05) is 11.9 Å². The molecular weight excluding hydrogens is 522 g/mol. The van der Waals surface area contributed by atoms with Gasteiger partial charge >= 0.3 is 0 Å². The average Bonchev–Trinajstić information content (AvgIpc) is 3.63. The van der Waals surface area contributed by atoms with Crippen molar-refractivity contribution in [3.8, 4) is 0 Å². The van der Waals surface area contributed by atoms with Gasteiger partial charge in [0.05, 0.1) is 29.2 Å². The summed E-state index contributed by atoms with van der Waals surface area (Å²) >= 11 is 1.63. The van der Waals surface area contributed by atoms with E-state index >= 15 is 0 Å². The number of benzene rings is 3. The molecule has 3 fully saturated rings. The van der Waals surface area contributed by atoms with Gasteiger partial charge in [0.15, 0.2) is 0 Å². The standard InChI is InChI=1S/C32H33N3O4S/c36-20-24(18-21-10-4-1-5-11-21)35-28(30(38)33-19-22-12-6-2-7-13-22)32-17-16-25(40-32)26(27(32)31(35)39)29(37)34-23-14-8-3-9-15-23/h1-15,24-28,36H,16-20H2,(H,33,38)(H,34,37)/t24-,25-,26+,27+,28?,32?/m1/s1. The monoisotopic (exact) mass is 555 g/mol. The number of para-hydroxylation sites is 1. The van der Waals surface area contributed by atoms with Crippen LogP contribution in [-0.4, -0.2) is 56.4 Å². The Hall–Kier alpha value is -3.62. The average molecular weight is 556 g/mol. The van der Waals surface area contributed by atoms with E-state index in [2.05, 4.69) is 10.6 Å². The fourth-order valence-corrected chi connectivity index (χ4v) is 9.06. The predicted octanol–water partition coefficient (Wildman–Crippen LogP) is 3.64. The molecule has 0 aliphatic carbocycles. The van der Waals surface area contributed by atoms with Gasteiger partial charge in [0.1, 0.15) is 6.04 Å². The molecule has 6 atom stereocenters. The second-order valence-electron chi connectivity index (χ2n) is 10.9. The zero-order valence-corrected chi connectivity index (χ0v) is 22.9. The maximum Gasteiger partial charge on any atom is 0.244 e. The van der Waals surface area contributed by atoms with Crippen LogP contribution in [0.15, 0.2) is 91.0 Å². The highest BCUT2D eigenvalue weighted by atomic mass is 32.2. The molecule has 3 aromatic rings. The van der Waals surface area contributed by atoms with Crippen molar-refractivity contribution < 1.29 is 19.5 Å². The first kappa shape index (κ1) is 26.6. The highest BCUT2D eigenvalue weighted by molar-refractivity contribution is 8.02. The summed E-state index contributed by atoms with van der Waals surface area (Å²) in [6.45, 7) is 0.0638. The van der Waals surface area contributed by atoms with Crippen LogP contribution in [0.3, 0.4) is 0 Å². The number of aliphatic hydroxyl groups is 1. The lowest BCUT2D eigenvalue weighted by atomic mass is 9.70. The highest BCUT2D eigenvalue weighted by Crippen LogP contribution is 2.66. The maximum atomic E-state index is 14.4. The first-order valence-electron chi connectivity index (χ1n) is 13.8. The lowest BCUT2D eigenvalue weighted by Gasteiger charge is -2.37. The van der Waals surface area contributed by atoms with Gasteiger partial charge in [-0.05, 0) is 42.5 Å². The number of carbonyl (C=O) groups is 3. The van der Waals surface area contributed by atoms with Gasteiger partial charge in [-0.25, -0.2) is 0 Å². The van der Waals surface area contributed by atoms with Crippen molar-refractivity contribution in [3.05, 3.63) is 102 Å². The van der Waals surface area contributed by atoms with Crippen LogP contribution in [0, 0.1) is 11.8 Å². The molecule has 3 aliphatic heterocycles. The summed E-state index contributed by atoms with van der Waals surface area (Å²) in [7, 11) is 0. The molecule has 40 heavy (non-hydrogen) atoms. The smallest absolute Gasteiger partial charge is 0.244 e. The molecule has 3 aromatic carbocycles. The minimum atomic E-state index is -0.779. The third kappa shape index (κ3) is 4.69. The van der Waals surface area contributed by atoms with E-state index in [-0.39, 0.29) is 29.6 Å². The van der Waals surface area contributed by atoms with E-state index in [0.717, 1.165) is 17.5 Å². The number of fused-ring (bicyclic) bond motifs is 1. The molecule has 7 nitrogen and oxygen atoms in total. The largest absolute Gasteiger partial charge is 0.394 e. The fourth-order valence-electron chi connectivity index (χ4n) is 6.85. The predicted molar refractivity (Wildman–Crippen MR) is 155 cm³/mol. The third-order valence-electron chi connectivity index (χ3n) is 8.56. The van der Waals surface area contributed by atoms with Gasteiger partial charge < -0.3 is 20.6 Å². The Morgan fingerprint density at radius 1 is 0.925 bits per heavy atom. The van der Waals surface area contributed by atoms with Crippen molar-refractivity contribution in [1.82, 2.24) is 10.2 Å². The van der Waals surface area contributed by atoms with E-state index in [0.29, 0.717) is 25.1 Å². The third-order valence-corrected chi connectivity index (χ3v) is 10.5. The van der Waals surface area contributed by atoms with Gasteiger partial charge in [0, 0.05) is 17.5 Å². The Kier molecular flexibility index (Phi) is 7.38. The number of likely N-dealkylation sites (tertiary alicyclic amines) is 1. The van der Waals surface area contributed by atoms with E-state index < -0.39 is 28.7 Å². The number of carbonyl (C=O) groups excluding carboxylic acids is 3. The Labute approximate surface area is 238 Å². The highest BCUT2D eigenvalue weighted by Gasteiger charge is 2.74. The van der Waals surface area contributed by atoms with E-state index in [1.165, 1.54) is 0 Å². The molecule has 6 rings (SSSR count). The first-order chi connectivity index (χ1) is 19.5. The number of rotatable bonds is 9. The zero-order chi connectivity index (χ0) is 27.7. The molecule has 0 aromatic heterocycles. The molecule has 1 spiro atoms. The Balaban J connectivity index is 1.33. The summed E-state index contributed by atoms with van der Waals surface area (Å²) in [6.07, 6.45) is 1.86. The molecule has 3 amide bonds. The van der Waals surface area contributed by atoms with E-state index in [9.17, 15) is 19.5 Å². The summed E-state index contributed by atoms with van der Waals surface area (Å²) in [5, 5.41) is 16.6. The van der Waals surface area contributed by atoms with Gasteiger partial charge in [-0.2, -0.15) is 0 Å². The molecule has 0 radical (unpaired) electrons. The first-order valence-corrected chi connectivity index (χ1v) is 14.7. The van der Waals surface area contributed by atoms with Crippen LogP contribution in [0.5, 0.6) is 0 Å². The van der Waals surface area contributed by atoms with Crippen LogP contribution in [0.2, 0.25) is 0 Å². The van der Waals surface area contributed by atoms with Crippen LogP contribution in [0.25, 0.3) is 0 Å². The van der Waals surface area contributed by atoms with Gasteiger partial charge in [-0.1, -0.05) is 78.9 Å². The normalized spacial score (nSPS) is 27.3. The van der Waals surface area contributed by atoms with Crippen molar-refractivity contribution in [3.63, 3.8) is 0 Å². The fraction of sp³-hybridized carbons (Fsp3) is 0.344. The summed E-state index contributed by atoms with van der Waals surface area (Å²) in [5.74, 6) is -1.80. The van der Waals surface area contributed by atoms with Crippen LogP contribution in [-0.2, 0) is 27.3 Å². The van der Waals surface area contributed by atoms with Crippen molar-refractivity contribution in [2.45, 2.75) is 47.9 Å². The summed E-state index contributed by atoms with van der Waals surface area (Å²) in [6, 6.07) is 27.3. The number of amides is 3. The Morgan fingerprint density at radius 3 is 2.20 bits per heavy atom. The minimum Gasteiger partial charge on any atom is -0.394 e. The Morgan fingerprint density at radius 2 is 1.55 bits per heavy atom. The molecule has 3 N–H and O–H groups in total. The van der Waals surface area contributed by atoms with Gasteiger partial charge in [-0.3, -0.25) is 14.4 Å². The molecule has 206 valence electrons. The topological polar surface area (TPSA) is 98.7 Å². The SMILES string of the molecule is O=C(NCc1ccccc1)C1N([C@@H](CO)Cc2ccccc2)C(=O)[C@@H]2[C@@H](C(=O)Nc3ccccc3)[C@H]3CCC12S3. The molecule has 3 aliphatic rings. The quantitative estimate of drug-likeness (QED) is 0.375. The molecule has 2 unspecified atom stereocenters. The van der Waals surface area contributed by atoms with E-state index in [1.807, 2.05) is 91.0 Å². The number of nitrogens with one attached hydrogen (secondary N) is 2. The van der Waals surface area contributed by atoms with Gasteiger partial charge in [-0.15, -0.1) is 11.8 Å². The molecule has 2 bridgehead atoms. The number of nitrogens with zero attached hydrogens (tertiary/aromatic N) is 1. The number of hydrogen-bond donors (Lipinski definition) is 3. The van der Waals surface area contributed by atoms with Crippen molar-refractivity contribution in [2.24, 2.45) is 11.8 Å². The minimum absolute atomic E-state index is 0.0362. The molecule has 3 heterocycles. The van der Waals surface area contributed by atoms with Gasteiger partial charge in [0.25, 0.3) is 0 Å². The maximum absolute atomic E-state index is 14.4. The summed E-state index contributed by atoms with van der Waals surface area (Å²) in [5.41, 5.74) is 2.63. The van der Waals surface area contributed by atoms with Crippen LogP contribution >= 0.6 is 11.8 Å². The second kappa shape index (κ2) is 11.1. The number of aliphatic hydroxyl groups excluding tert-OH is 1. The lowest BCUT2D eigenvalue weighted by Crippen LogP contribution is -2.56. The molecule has 0 saturated carbocycles. The van der Waals surface area contributed by atoms with E-state index in [4.69, 9.17) is 0 Å². The van der Waals surface area contributed by atoms with Crippen LogP contribution < -0.4 is 10.6 Å². The zero-order valence-electron chi connectivity index (χ0n) is 22.1. The second-order valence-corrected chi connectivity index (χ2v) is 12.5. The summed E-state index contributed by atoms with van der Waals surface area (Å²) < 4.78 is -0.717. The Bertz CT molecular complexity index is 1370. The molecule has 8 heteroatoms. The van der Waals surface area contributed by atoms with Gasteiger partial charge in [0.2, 0.25) is 17.7 Å². The van der Waals surface area contributed by atoms with Crippen LogP contribution in [0.4, 0.5) is 5.69 Å². The number of anilines is 1. The number of hydrogen-bond acceptors (Lipinski definition) is 5. The summed E-state index contributed by atoms with van der Waals surface area (Å²) in [4.78, 5) is 43.7. The van der Waals surface area contributed by atoms with Crippen molar-refractivity contribution in [1.29, 1.82) is 0 Å². The molecular formula is C32H33N3O4S. The molecule has 3 saturated heterocycles. The van der Waals surface area contributed by atoms with Crippen LogP contribution in [0.1, 0.15) is 24.0 Å². The van der Waals surface area contributed by atoms with Crippen molar-refractivity contribution >= 4 is 35.2 Å².